The smallest absolute Gasteiger partial charge is 0.0645 e. The molecule has 2 heterocycles. The topological polar surface area (TPSA) is 24.5 Å². The Bertz CT molecular complexity index is 431. The van der Waals surface area contributed by atoms with Crippen LogP contribution in [0, 0.1) is 0 Å². The van der Waals surface area contributed by atoms with Crippen molar-refractivity contribution in [3.63, 3.8) is 0 Å². The van der Waals surface area contributed by atoms with Gasteiger partial charge in [-0.3, -0.25) is 0 Å². The van der Waals surface area contributed by atoms with Crippen LogP contribution in [-0.2, 0) is 11.3 Å². The molecule has 1 N–H and O–H groups in total. The zero-order valence-electron chi connectivity index (χ0n) is 13.2. The third-order valence-electron chi connectivity index (χ3n) is 4.81. The molecule has 3 rings (SSSR count). The Morgan fingerprint density at radius 3 is 2.52 bits per heavy atom. The minimum absolute atomic E-state index is 0.143. The summed E-state index contributed by atoms with van der Waals surface area (Å²) in [6.07, 6.45) is 6.43. The van der Waals surface area contributed by atoms with Gasteiger partial charge in [-0.2, -0.15) is 0 Å². The quantitative estimate of drug-likeness (QED) is 0.919. The van der Waals surface area contributed by atoms with E-state index < -0.39 is 0 Å². The number of hydrogen-bond acceptors (Lipinski definition) is 3. The molecule has 116 valence electrons. The molecule has 0 aliphatic carbocycles. The average molecular weight is 288 g/mol. The van der Waals surface area contributed by atoms with E-state index in [-0.39, 0.29) is 5.54 Å². The number of rotatable bonds is 4. The zero-order chi connectivity index (χ0) is 14.5. The second-order valence-electron chi connectivity index (χ2n) is 6.78. The van der Waals surface area contributed by atoms with Gasteiger partial charge in [0.2, 0.25) is 0 Å². The van der Waals surface area contributed by atoms with Crippen molar-refractivity contribution in [3.8, 4) is 0 Å². The monoisotopic (exact) mass is 288 g/mol. The summed E-state index contributed by atoms with van der Waals surface area (Å²) in [5, 5.41) is 3.67. The third kappa shape index (κ3) is 3.98. The first-order valence-corrected chi connectivity index (χ1v) is 8.42. The molecule has 1 atom stereocenters. The van der Waals surface area contributed by atoms with E-state index in [0.717, 1.165) is 26.2 Å². The highest BCUT2D eigenvalue weighted by atomic mass is 16.5. The molecule has 2 aliphatic rings. The van der Waals surface area contributed by atoms with Crippen LogP contribution in [0.3, 0.4) is 0 Å². The number of nitrogens with one attached hydrogen (secondary N) is 1. The Morgan fingerprint density at radius 1 is 1.10 bits per heavy atom. The SMILES string of the molecule is CC1(NCc2ccc(N3CCCCC3)cc2)CCCOC1. The fourth-order valence-electron chi connectivity index (χ4n) is 3.37. The van der Waals surface area contributed by atoms with E-state index in [1.54, 1.807) is 0 Å². The van der Waals surface area contributed by atoms with E-state index in [1.807, 2.05) is 0 Å². The Morgan fingerprint density at radius 2 is 1.86 bits per heavy atom. The van der Waals surface area contributed by atoms with Gasteiger partial charge in [0.1, 0.15) is 0 Å². The second kappa shape index (κ2) is 6.80. The molecule has 0 radical (unpaired) electrons. The van der Waals surface area contributed by atoms with Crippen LogP contribution in [-0.4, -0.2) is 31.8 Å². The van der Waals surface area contributed by atoms with Crippen molar-refractivity contribution in [1.29, 1.82) is 0 Å². The van der Waals surface area contributed by atoms with Crippen molar-refractivity contribution < 1.29 is 4.74 Å². The summed E-state index contributed by atoms with van der Waals surface area (Å²) in [5.74, 6) is 0. The van der Waals surface area contributed by atoms with Crippen LogP contribution in [0.25, 0.3) is 0 Å². The number of benzene rings is 1. The molecule has 3 nitrogen and oxygen atoms in total. The van der Waals surface area contributed by atoms with Crippen molar-refractivity contribution >= 4 is 5.69 Å². The van der Waals surface area contributed by atoms with Crippen LogP contribution >= 0.6 is 0 Å². The van der Waals surface area contributed by atoms with Crippen molar-refractivity contribution in [3.05, 3.63) is 29.8 Å². The highest BCUT2D eigenvalue weighted by Gasteiger charge is 2.26. The van der Waals surface area contributed by atoms with E-state index >= 15 is 0 Å². The van der Waals surface area contributed by atoms with Gasteiger partial charge < -0.3 is 15.0 Å². The van der Waals surface area contributed by atoms with Gasteiger partial charge in [0.25, 0.3) is 0 Å². The normalized spacial score (nSPS) is 26.8. The lowest BCUT2D eigenvalue weighted by Gasteiger charge is -2.34. The van der Waals surface area contributed by atoms with Crippen molar-refractivity contribution in [1.82, 2.24) is 5.32 Å². The van der Waals surface area contributed by atoms with Gasteiger partial charge >= 0.3 is 0 Å². The number of nitrogens with zero attached hydrogens (tertiary/aromatic N) is 1. The van der Waals surface area contributed by atoms with Crippen LogP contribution in [0.4, 0.5) is 5.69 Å². The Balaban J connectivity index is 1.54. The molecule has 0 saturated carbocycles. The highest BCUT2D eigenvalue weighted by Crippen LogP contribution is 2.22. The van der Waals surface area contributed by atoms with Gasteiger partial charge in [-0.25, -0.2) is 0 Å². The van der Waals surface area contributed by atoms with Crippen molar-refractivity contribution in [2.75, 3.05) is 31.2 Å². The van der Waals surface area contributed by atoms with Crippen LogP contribution in [0.2, 0.25) is 0 Å². The van der Waals surface area contributed by atoms with Gasteiger partial charge in [-0.1, -0.05) is 12.1 Å². The maximum absolute atomic E-state index is 5.60. The van der Waals surface area contributed by atoms with E-state index in [1.165, 1.54) is 50.0 Å². The van der Waals surface area contributed by atoms with Crippen LogP contribution in [0.5, 0.6) is 0 Å². The summed E-state index contributed by atoms with van der Waals surface area (Å²) in [4.78, 5) is 2.51. The third-order valence-corrected chi connectivity index (χ3v) is 4.81. The van der Waals surface area contributed by atoms with Crippen LogP contribution < -0.4 is 10.2 Å². The minimum Gasteiger partial charge on any atom is -0.380 e. The summed E-state index contributed by atoms with van der Waals surface area (Å²) < 4.78 is 5.60. The largest absolute Gasteiger partial charge is 0.380 e. The minimum atomic E-state index is 0.143. The predicted octanol–water partition coefficient (Wildman–Crippen LogP) is 3.34. The average Bonchev–Trinajstić information content (AvgIpc) is 2.55. The first-order chi connectivity index (χ1) is 10.3. The molecule has 0 bridgehead atoms. The Hall–Kier alpha value is -1.06. The standard InChI is InChI=1S/C18H28N2O/c1-18(10-5-13-21-15-18)19-14-16-6-8-17(9-7-16)20-11-3-2-4-12-20/h6-9,19H,2-5,10-15H2,1H3. The fraction of sp³-hybridized carbons (Fsp3) is 0.667. The maximum atomic E-state index is 5.60. The first kappa shape index (κ1) is 14.9. The molecule has 21 heavy (non-hydrogen) atoms. The molecule has 2 saturated heterocycles. The molecule has 3 heteroatoms. The first-order valence-electron chi connectivity index (χ1n) is 8.42. The molecule has 0 spiro atoms. The summed E-state index contributed by atoms with van der Waals surface area (Å²) in [6.45, 7) is 7.38. The van der Waals surface area contributed by atoms with E-state index in [4.69, 9.17) is 4.74 Å². The molecule has 0 aromatic heterocycles. The Labute approximate surface area is 128 Å². The van der Waals surface area contributed by atoms with Crippen molar-refractivity contribution in [2.45, 2.75) is 51.1 Å². The molecule has 2 aliphatic heterocycles. The van der Waals surface area contributed by atoms with Gasteiger partial charge in [-0.15, -0.1) is 0 Å². The Kier molecular flexibility index (Phi) is 4.81. The number of hydrogen-bond donors (Lipinski definition) is 1. The van der Waals surface area contributed by atoms with E-state index in [0.29, 0.717) is 0 Å². The van der Waals surface area contributed by atoms with Gasteiger partial charge in [0, 0.05) is 37.5 Å². The highest BCUT2D eigenvalue weighted by molar-refractivity contribution is 5.47. The molecular formula is C18H28N2O. The van der Waals surface area contributed by atoms with Crippen LogP contribution in [0.1, 0.15) is 44.6 Å². The number of anilines is 1. The molecular weight excluding hydrogens is 260 g/mol. The fourth-order valence-corrected chi connectivity index (χ4v) is 3.37. The maximum Gasteiger partial charge on any atom is 0.0645 e. The molecule has 2 fully saturated rings. The molecule has 1 aromatic rings. The molecule has 1 unspecified atom stereocenters. The van der Waals surface area contributed by atoms with E-state index in [2.05, 4.69) is 41.4 Å². The molecule has 0 amide bonds. The second-order valence-corrected chi connectivity index (χ2v) is 6.78. The lowest BCUT2D eigenvalue weighted by molar-refractivity contribution is 0.0278. The van der Waals surface area contributed by atoms with Gasteiger partial charge in [0.05, 0.1) is 6.61 Å². The summed E-state index contributed by atoms with van der Waals surface area (Å²) in [5.41, 5.74) is 2.89. The van der Waals surface area contributed by atoms with Gasteiger partial charge in [-0.05, 0) is 56.7 Å². The summed E-state index contributed by atoms with van der Waals surface area (Å²) in [6, 6.07) is 9.10. The van der Waals surface area contributed by atoms with Gasteiger partial charge in [0.15, 0.2) is 0 Å². The van der Waals surface area contributed by atoms with Crippen LogP contribution in [0.15, 0.2) is 24.3 Å². The summed E-state index contributed by atoms with van der Waals surface area (Å²) in [7, 11) is 0. The van der Waals surface area contributed by atoms with Crippen molar-refractivity contribution in [2.24, 2.45) is 0 Å². The predicted molar refractivity (Wildman–Crippen MR) is 87.8 cm³/mol. The number of piperidine rings is 1. The number of ether oxygens (including phenoxy) is 1. The summed E-state index contributed by atoms with van der Waals surface area (Å²) >= 11 is 0. The van der Waals surface area contributed by atoms with E-state index in [9.17, 15) is 0 Å². The lowest BCUT2D eigenvalue weighted by atomic mass is 9.94. The zero-order valence-corrected chi connectivity index (χ0v) is 13.2. The lowest BCUT2D eigenvalue weighted by Crippen LogP contribution is -2.48. The molecule has 1 aromatic carbocycles.